The molecule has 4 heteroatoms. The zero-order valence-corrected chi connectivity index (χ0v) is 10.4. The Morgan fingerprint density at radius 1 is 1.53 bits per heavy atom. The van der Waals surface area contributed by atoms with Crippen molar-refractivity contribution in [2.24, 2.45) is 11.7 Å². The molecule has 4 nitrogen and oxygen atoms in total. The maximum Gasteiger partial charge on any atom is 0.213 e. The number of hydrogen-bond acceptors (Lipinski definition) is 4. The second kappa shape index (κ2) is 5.98. The maximum atomic E-state index is 5.77. The number of nitrogens with one attached hydrogen (secondary N) is 1. The number of ether oxygens (including phenoxy) is 1. The second-order valence-corrected chi connectivity index (χ2v) is 4.62. The molecule has 1 heterocycles. The third-order valence-electron chi connectivity index (χ3n) is 3.54. The van der Waals surface area contributed by atoms with E-state index in [2.05, 4.69) is 10.3 Å². The first kappa shape index (κ1) is 12.3. The molecule has 2 rings (SSSR count). The van der Waals surface area contributed by atoms with Gasteiger partial charge in [0.05, 0.1) is 7.11 Å². The summed E-state index contributed by atoms with van der Waals surface area (Å²) >= 11 is 0. The van der Waals surface area contributed by atoms with Crippen molar-refractivity contribution in [1.82, 2.24) is 10.3 Å². The van der Waals surface area contributed by atoms with Crippen molar-refractivity contribution in [1.29, 1.82) is 0 Å². The Morgan fingerprint density at radius 2 is 2.41 bits per heavy atom. The highest BCUT2D eigenvalue weighted by Gasteiger charge is 2.25. The summed E-state index contributed by atoms with van der Waals surface area (Å²) in [6, 6.07) is 4.56. The average molecular weight is 235 g/mol. The van der Waals surface area contributed by atoms with Crippen LogP contribution >= 0.6 is 0 Å². The van der Waals surface area contributed by atoms with Gasteiger partial charge in [-0.2, -0.15) is 0 Å². The minimum absolute atomic E-state index is 0.569. The average Bonchev–Trinajstić information content (AvgIpc) is 2.84. The van der Waals surface area contributed by atoms with Gasteiger partial charge in [0.2, 0.25) is 5.88 Å². The predicted octanol–water partition coefficient (Wildman–Crippen LogP) is 1.31. The van der Waals surface area contributed by atoms with Gasteiger partial charge >= 0.3 is 0 Å². The van der Waals surface area contributed by atoms with Gasteiger partial charge < -0.3 is 15.8 Å². The van der Waals surface area contributed by atoms with E-state index in [-0.39, 0.29) is 0 Å². The summed E-state index contributed by atoms with van der Waals surface area (Å²) < 4.78 is 5.11. The molecule has 1 aromatic heterocycles. The van der Waals surface area contributed by atoms with Crippen molar-refractivity contribution in [3.63, 3.8) is 0 Å². The summed E-state index contributed by atoms with van der Waals surface area (Å²) in [5, 5.41) is 3.59. The molecule has 0 aliphatic heterocycles. The summed E-state index contributed by atoms with van der Waals surface area (Å²) in [5.41, 5.74) is 6.98. The van der Waals surface area contributed by atoms with Crippen LogP contribution < -0.4 is 15.8 Å². The number of methoxy groups -OCH3 is 1. The van der Waals surface area contributed by atoms with Crippen LogP contribution in [-0.2, 0) is 6.54 Å². The summed E-state index contributed by atoms with van der Waals surface area (Å²) in [5.74, 6) is 1.31. The minimum atomic E-state index is 0.569. The van der Waals surface area contributed by atoms with Gasteiger partial charge in [-0.1, -0.05) is 6.42 Å². The van der Waals surface area contributed by atoms with Gasteiger partial charge in [0.1, 0.15) is 0 Å². The first-order chi connectivity index (χ1) is 8.33. The highest BCUT2D eigenvalue weighted by atomic mass is 16.5. The molecule has 1 saturated carbocycles. The van der Waals surface area contributed by atoms with Crippen molar-refractivity contribution in [3.8, 4) is 5.88 Å². The zero-order chi connectivity index (χ0) is 12.1. The van der Waals surface area contributed by atoms with Crippen LogP contribution in [0.25, 0.3) is 0 Å². The molecule has 1 fully saturated rings. The number of rotatable bonds is 5. The molecule has 94 valence electrons. The van der Waals surface area contributed by atoms with E-state index in [1.54, 1.807) is 13.3 Å². The van der Waals surface area contributed by atoms with Crippen LogP contribution in [-0.4, -0.2) is 24.7 Å². The number of aromatic nitrogens is 1. The highest BCUT2D eigenvalue weighted by Crippen LogP contribution is 2.24. The van der Waals surface area contributed by atoms with Crippen molar-refractivity contribution < 1.29 is 4.74 Å². The van der Waals surface area contributed by atoms with Crippen molar-refractivity contribution in [3.05, 3.63) is 23.9 Å². The van der Waals surface area contributed by atoms with Crippen LogP contribution in [0.3, 0.4) is 0 Å². The largest absolute Gasteiger partial charge is 0.481 e. The van der Waals surface area contributed by atoms with Gasteiger partial charge in [-0.3, -0.25) is 0 Å². The maximum absolute atomic E-state index is 5.77. The van der Waals surface area contributed by atoms with Crippen molar-refractivity contribution >= 4 is 0 Å². The Labute approximate surface area is 103 Å². The van der Waals surface area contributed by atoms with E-state index in [0.29, 0.717) is 17.8 Å². The zero-order valence-electron chi connectivity index (χ0n) is 10.4. The lowest BCUT2D eigenvalue weighted by atomic mass is 10.0. The quantitative estimate of drug-likeness (QED) is 0.808. The Morgan fingerprint density at radius 3 is 3.18 bits per heavy atom. The molecule has 2 unspecified atom stereocenters. The SMILES string of the molecule is COc1cc(CNC2CCCC2CN)ccn1. The Hall–Kier alpha value is -1.13. The molecule has 0 spiro atoms. The second-order valence-electron chi connectivity index (χ2n) is 4.62. The Balaban J connectivity index is 1.88. The fourth-order valence-corrected chi connectivity index (χ4v) is 2.51. The van der Waals surface area contributed by atoms with Gasteiger partial charge in [0, 0.05) is 24.8 Å². The van der Waals surface area contributed by atoms with Crippen molar-refractivity contribution in [2.75, 3.05) is 13.7 Å². The van der Waals surface area contributed by atoms with Gasteiger partial charge in [-0.25, -0.2) is 4.98 Å². The van der Waals surface area contributed by atoms with Crippen LogP contribution in [0.2, 0.25) is 0 Å². The summed E-state index contributed by atoms with van der Waals surface area (Å²) in [6.07, 6.45) is 5.57. The predicted molar refractivity (Wildman–Crippen MR) is 67.8 cm³/mol. The molecule has 2 atom stereocenters. The number of nitrogens with two attached hydrogens (primary N) is 1. The molecular formula is C13H21N3O. The molecule has 0 radical (unpaired) electrons. The van der Waals surface area contributed by atoms with Gasteiger partial charge in [-0.15, -0.1) is 0 Å². The molecule has 1 aromatic rings. The van der Waals surface area contributed by atoms with E-state index >= 15 is 0 Å². The summed E-state index contributed by atoms with van der Waals surface area (Å²) in [6.45, 7) is 1.65. The fraction of sp³-hybridized carbons (Fsp3) is 0.615. The first-order valence-electron chi connectivity index (χ1n) is 6.26. The number of nitrogens with zero attached hydrogens (tertiary/aromatic N) is 1. The van der Waals surface area contributed by atoms with E-state index in [1.165, 1.54) is 24.8 Å². The number of pyridine rings is 1. The van der Waals surface area contributed by atoms with Crippen LogP contribution in [0.4, 0.5) is 0 Å². The number of hydrogen-bond donors (Lipinski definition) is 2. The lowest BCUT2D eigenvalue weighted by Crippen LogP contribution is -2.35. The smallest absolute Gasteiger partial charge is 0.213 e. The third kappa shape index (κ3) is 3.17. The topological polar surface area (TPSA) is 60.2 Å². The van der Waals surface area contributed by atoms with E-state index in [0.717, 1.165) is 13.1 Å². The first-order valence-corrected chi connectivity index (χ1v) is 6.26. The van der Waals surface area contributed by atoms with Crippen LogP contribution in [0.5, 0.6) is 5.88 Å². The fourth-order valence-electron chi connectivity index (χ4n) is 2.51. The Kier molecular flexibility index (Phi) is 4.34. The van der Waals surface area contributed by atoms with Crippen molar-refractivity contribution in [2.45, 2.75) is 31.8 Å². The standard InChI is InChI=1S/C13H21N3O/c1-17-13-7-10(5-6-15-13)9-16-12-4-2-3-11(12)8-14/h5-7,11-12,16H,2-4,8-9,14H2,1H3. The van der Waals surface area contributed by atoms with Crippen LogP contribution in [0, 0.1) is 5.92 Å². The molecule has 17 heavy (non-hydrogen) atoms. The molecule has 0 bridgehead atoms. The molecule has 0 aromatic carbocycles. The molecule has 1 aliphatic carbocycles. The van der Waals surface area contributed by atoms with Gasteiger partial charge in [-0.05, 0) is 36.9 Å². The third-order valence-corrected chi connectivity index (χ3v) is 3.54. The van der Waals surface area contributed by atoms with E-state index < -0.39 is 0 Å². The van der Waals surface area contributed by atoms with Crippen LogP contribution in [0.1, 0.15) is 24.8 Å². The summed E-state index contributed by atoms with van der Waals surface area (Å²) in [4.78, 5) is 4.10. The monoisotopic (exact) mass is 235 g/mol. The van der Waals surface area contributed by atoms with Crippen LogP contribution in [0.15, 0.2) is 18.3 Å². The molecule has 3 N–H and O–H groups in total. The van der Waals surface area contributed by atoms with E-state index in [1.807, 2.05) is 12.1 Å². The molecule has 1 aliphatic rings. The van der Waals surface area contributed by atoms with Gasteiger partial charge in [0.25, 0.3) is 0 Å². The lowest BCUT2D eigenvalue weighted by Gasteiger charge is -2.19. The molecule has 0 amide bonds. The Bertz CT molecular complexity index is 356. The van der Waals surface area contributed by atoms with E-state index in [9.17, 15) is 0 Å². The molecule has 0 saturated heterocycles. The summed E-state index contributed by atoms with van der Waals surface area (Å²) in [7, 11) is 1.64. The van der Waals surface area contributed by atoms with Gasteiger partial charge in [0.15, 0.2) is 0 Å². The minimum Gasteiger partial charge on any atom is -0.481 e. The molecular weight excluding hydrogens is 214 g/mol. The highest BCUT2D eigenvalue weighted by molar-refractivity contribution is 5.20. The lowest BCUT2D eigenvalue weighted by molar-refractivity contribution is 0.393. The normalized spacial score (nSPS) is 23.9. The van der Waals surface area contributed by atoms with E-state index in [4.69, 9.17) is 10.5 Å².